The minimum absolute atomic E-state index is 0.0257. The second-order valence-electron chi connectivity index (χ2n) is 5.38. The number of ether oxygens (including phenoxy) is 3. The van der Waals surface area contributed by atoms with Gasteiger partial charge in [0.05, 0.1) is 18.5 Å². The van der Waals surface area contributed by atoms with Gasteiger partial charge in [-0.15, -0.1) is 0 Å². The van der Waals surface area contributed by atoms with Crippen LogP contribution in [0.1, 0.15) is 18.0 Å². The first-order chi connectivity index (χ1) is 12.0. The molecule has 1 fully saturated rings. The Morgan fingerprint density at radius 2 is 2.16 bits per heavy atom. The van der Waals surface area contributed by atoms with Crippen molar-refractivity contribution in [3.8, 4) is 17.6 Å². The Hall–Kier alpha value is -2.73. The number of benzene rings is 1. The van der Waals surface area contributed by atoms with Crippen LogP contribution in [0.5, 0.6) is 11.5 Å². The van der Waals surface area contributed by atoms with E-state index in [4.69, 9.17) is 19.5 Å². The second kappa shape index (κ2) is 7.03. The molecule has 8 nitrogen and oxygen atoms in total. The molecule has 9 heteroatoms. The molecular weight excluding hydrogens is 394 g/mol. The molecule has 130 valence electrons. The van der Waals surface area contributed by atoms with E-state index in [2.05, 4.69) is 33.1 Å². The maximum Gasteiger partial charge on any atom is 0.319 e. The van der Waals surface area contributed by atoms with E-state index in [9.17, 15) is 9.59 Å². The number of hydrogen-bond donors (Lipinski definition) is 2. The van der Waals surface area contributed by atoms with Gasteiger partial charge in [-0.25, -0.2) is 4.79 Å². The second-order valence-corrected chi connectivity index (χ2v) is 6.24. The number of nitriles is 1. The van der Waals surface area contributed by atoms with Gasteiger partial charge in [0.1, 0.15) is 12.5 Å². The molecule has 25 heavy (non-hydrogen) atoms. The summed E-state index contributed by atoms with van der Waals surface area (Å²) in [5.41, 5.74) is 0.850. The van der Waals surface area contributed by atoms with E-state index in [0.717, 1.165) is 0 Å². The topological polar surface area (TPSA) is 110 Å². The average molecular weight is 408 g/mol. The number of urea groups is 1. The Morgan fingerprint density at radius 1 is 1.44 bits per heavy atom. The summed E-state index contributed by atoms with van der Waals surface area (Å²) in [5, 5.41) is 13.8. The molecule has 1 saturated heterocycles. The first-order valence-electron chi connectivity index (χ1n) is 7.40. The average Bonchev–Trinajstić information content (AvgIpc) is 3.00. The number of esters is 1. The number of carbonyl (C=O) groups is 2. The molecule has 0 spiro atoms. The van der Waals surface area contributed by atoms with Gasteiger partial charge in [-0.2, -0.15) is 5.26 Å². The highest BCUT2D eigenvalue weighted by Crippen LogP contribution is 2.42. The zero-order chi connectivity index (χ0) is 18.0. The van der Waals surface area contributed by atoms with Gasteiger partial charge in [0.2, 0.25) is 6.79 Å². The fourth-order valence-corrected chi connectivity index (χ4v) is 3.25. The number of fused-ring (bicyclic) bond motifs is 1. The number of halogens is 1. The van der Waals surface area contributed by atoms with Crippen molar-refractivity contribution in [1.29, 1.82) is 5.26 Å². The summed E-state index contributed by atoms with van der Waals surface area (Å²) < 4.78 is 16.5. The molecule has 2 aliphatic rings. The van der Waals surface area contributed by atoms with Crippen molar-refractivity contribution in [2.45, 2.75) is 12.5 Å². The van der Waals surface area contributed by atoms with Gasteiger partial charge >= 0.3 is 12.0 Å². The molecule has 0 aliphatic carbocycles. The van der Waals surface area contributed by atoms with Crippen molar-refractivity contribution < 1.29 is 23.8 Å². The van der Waals surface area contributed by atoms with Crippen molar-refractivity contribution in [2.24, 2.45) is 5.92 Å². The third kappa shape index (κ3) is 3.39. The predicted octanol–water partition coefficient (Wildman–Crippen LogP) is 2.12. The summed E-state index contributed by atoms with van der Waals surface area (Å²) in [4.78, 5) is 24.3. The summed E-state index contributed by atoms with van der Waals surface area (Å²) in [6.45, 7) is 3.85. The largest absolute Gasteiger partial charge is 0.464 e. The zero-order valence-electron chi connectivity index (χ0n) is 13.0. The van der Waals surface area contributed by atoms with Crippen LogP contribution in [0.3, 0.4) is 0 Å². The van der Waals surface area contributed by atoms with E-state index in [1.165, 1.54) is 0 Å². The molecule has 1 aromatic carbocycles. The normalized spacial score (nSPS) is 21.1. The third-order valence-corrected chi connectivity index (χ3v) is 4.50. The van der Waals surface area contributed by atoms with E-state index in [1.807, 2.05) is 6.07 Å². The summed E-state index contributed by atoms with van der Waals surface area (Å²) in [5.74, 6) is -0.341. The van der Waals surface area contributed by atoms with E-state index < -0.39 is 24.0 Å². The SMILES string of the molecule is C=C1NC(=O)N[C@@H](c2cc3c(cc2Br)OCO3)[C@@H]1C(=O)OCCC#N. The molecule has 2 amide bonds. The van der Waals surface area contributed by atoms with E-state index in [1.54, 1.807) is 12.1 Å². The number of hydrogen-bond acceptors (Lipinski definition) is 6. The third-order valence-electron chi connectivity index (χ3n) is 3.81. The molecule has 3 rings (SSSR count). The molecule has 2 N–H and O–H groups in total. The molecule has 0 saturated carbocycles. The van der Waals surface area contributed by atoms with Gasteiger partial charge < -0.3 is 24.8 Å². The van der Waals surface area contributed by atoms with E-state index >= 15 is 0 Å². The van der Waals surface area contributed by atoms with Crippen LogP contribution in [0.15, 0.2) is 28.9 Å². The van der Waals surface area contributed by atoms with Gasteiger partial charge in [0.15, 0.2) is 11.5 Å². The van der Waals surface area contributed by atoms with Crippen LogP contribution in [0, 0.1) is 17.2 Å². The summed E-state index contributed by atoms with van der Waals surface area (Å²) in [6.07, 6.45) is 0.0864. The highest BCUT2D eigenvalue weighted by atomic mass is 79.9. The first kappa shape index (κ1) is 17.1. The smallest absolute Gasteiger partial charge is 0.319 e. The lowest BCUT2D eigenvalue weighted by Crippen LogP contribution is -2.51. The molecule has 2 heterocycles. The van der Waals surface area contributed by atoms with Crippen molar-refractivity contribution in [1.82, 2.24) is 10.6 Å². The summed E-state index contributed by atoms with van der Waals surface area (Å²) in [7, 11) is 0. The zero-order valence-corrected chi connectivity index (χ0v) is 14.6. The maximum absolute atomic E-state index is 12.5. The monoisotopic (exact) mass is 407 g/mol. The molecule has 0 unspecified atom stereocenters. The predicted molar refractivity (Wildman–Crippen MR) is 88.5 cm³/mol. The van der Waals surface area contributed by atoms with Gasteiger partial charge in [-0.3, -0.25) is 4.79 Å². The minimum atomic E-state index is -0.854. The number of carbonyl (C=O) groups excluding carboxylic acids is 2. The van der Waals surface area contributed by atoms with Crippen LogP contribution in [-0.4, -0.2) is 25.4 Å². The van der Waals surface area contributed by atoms with Crippen molar-refractivity contribution in [3.05, 3.63) is 34.4 Å². The van der Waals surface area contributed by atoms with Crippen LogP contribution in [0.4, 0.5) is 4.79 Å². The highest BCUT2D eigenvalue weighted by molar-refractivity contribution is 9.10. The lowest BCUT2D eigenvalue weighted by Gasteiger charge is -2.33. The van der Waals surface area contributed by atoms with Crippen LogP contribution in [0.25, 0.3) is 0 Å². The fraction of sp³-hybridized carbons (Fsp3) is 0.312. The number of nitrogens with zero attached hydrogens (tertiary/aromatic N) is 1. The van der Waals surface area contributed by atoms with Gasteiger partial charge in [0, 0.05) is 10.2 Å². The number of rotatable bonds is 4. The maximum atomic E-state index is 12.5. The minimum Gasteiger partial charge on any atom is -0.464 e. The first-order valence-corrected chi connectivity index (χ1v) is 8.19. The lowest BCUT2D eigenvalue weighted by atomic mass is 9.89. The Balaban J connectivity index is 1.93. The molecule has 2 atom stereocenters. The van der Waals surface area contributed by atoms with Gasteiger partial charge in [-0.05, 0) is 17.7 Å². The Bertz CT molecular complexity index is 789. The summed E-state index contributed by atoms with van der Waals surface area (Å²) >= 11 is 3.43. The van der Waals surface area contributed by atoms with Gasteiger partial charge in [-0.1, -0.05) is 22.5 Å². The molecule has 0 aromatic heterocycles. The van der Waals surface area contributed by atoms with Gasteiger partial charge in [0.25, 0.3) is 0 Å². The fourth-order valence-electron chi connectivity index (χ4n) is 2.68. The van der Waals surface area contributed by atoms with E-state index in [-0.39, 0.29) is 25.5 Å². The molecule has 2 aliphatic heterocycles. The molecular formula is C16H14BrN3O5. The summed E-state index contributed by atoms with van der Waals surface area (Å²) in [6, 6.07) is 4.14. The lowest BCUT2D eigenvalue weighted by molar-refractivity contribution is -0.148. The van der Waals surface area contributed by atoms with Crippen LogP contribution in [-0.2, 0) is 9.53 Å². The number of amides is 2. The molecule has 1 aromatic rings. The van der Waals surface area contributed by atoms with E-state index in [0.29, 0.717) is 21.5 Å². The number of nitrogens with one attached hydrogen (secondary N) is 2. The highest BCUT2D eigenvalue weighted by Gasteiger charge is 2.40. The Morgan fingerprint density at radius 3 is 2.88 bits per heavy atom. The van der Waals surface area contributed by atoms with Crippen molar-refractivity contribution in [2.75, 3.05) is 13.4 Å². The van der Waals surface area contributed by atoms with Crippen LogP contribution < -0.4 is 20.1 Å². The van der Waals surface area contributed by atoms with Crippen LogP contribution in [0.2, 0.25) is 0 Å². The van der Waals surface area contributed by atoms with Crippen LogP contribution >= 0.6 is 15.9 Å². The quantitative estimate of drug-likeness (QED) is 0.584. The van der Waals surface area contributed by atoms with Crippen molar-refractivity contribution >= 4 is 27.9 Å². The molecule has 0 bridgehead atoms. The standard InChI is InChI=1S/C16H14BrN3O5/c1-8-13(15(21)23-4-2-3-18)14(20-16(22)19-8)9-5-11-12(6-10(9)17)25-7-24-11/h5-6,13-14H,1-2,4,7H2,(H2,19,20,22)/t13-,14+/m1/s1. The Kier molecular flexibility index (Phi) is 4.81. The Labute approximate surface area is 151 Å². The van der Waals surface area contributed by atoms with Crippen molar-refractivity contribution in [3.63, 3.8) is 0 Å². The molecule has 0 radical (unpaired) electrons.